The van der Waals surface area contributed by atoms with E-state index >= 15 is 0 Å². The maximum absolute atomic E-state index is 5.17. The van der Waals surface area contributed by atoms with Crippen molar-refractivity contribution in [2.24, 2.45) is 0 Å². The van der Waals surface area contributed by atoms with Gasteiger partial charge in [-0.05, 0) is 55.9 Å². The topological polar surface area (TPSA) is 25.8 Å². The number of rotatable bonds is 4. The van der Waals surface area contributed by atoms with Gasteiger partial charge in [-0.15, -0.1) is 0 Å². The van der Waals surface area contributed by atoms with Gasteiger partial charge in [0.25, 0.3) is 0 Å². The van der Waals surface area contributed by atoms with E-state index in [-0.39, 0.29) is 0 Å². The Kier molecular flexibility index (Phi) is 6.17. The molecule has 7 aromatic carbocycles. The normalized spacial score (nSPS) is 11.5. The van der Waals surface area contributed by atoms with E-state index in [1.165, 1.54) is 43.8 Å². The Morgan fingerprint density at radius 2 is 0.739 bits per heavy atom. The van der Waals surface area contributed by atoms with Gasteiger partial charge in [-0.2, -0.15) is 0 Å². The van der Waals surface area contributed by atoms with Crippen LogP contribution in [-0.2, 0) is 0 Å². The Bertz CT molecular complexity index is 2560. The number of aromatic nitrogens is 2. The third kappa shape index (κ3) is 4.43. The summed E-state index contributed by atoms with van der Waals surface area (Å²) in [6.45, 7) is 0. The van der Waals surface area contributed by atoms with Gasteiger partial charge < -0.3 is 0 Å². The van der Waals surface area contributed by atoms with Crippen LogP contribution < -0.4 is 0 Å². The monoisotopic (exact) mass is 584 g/mol. The number of hydrogen-bond acceptors (Lipinski definition) is 2. The van der Waals surface area contributed by atoms with Crippen LogP contribution >= 0.6 is 0 Å². The van der Waals surface area contributed by atoms with Crippen LogP contribution in [0.4, 0.5) is 0 Å². The molecule has 0 spiro atoms. The Hall–Kier alpha value is -6.12. The van der Waals surface area contributed by atoms with Gasteiger partial charge in [0.05, 0.1) is 22.4 Å². The molecule has 2 aromatic heterocycles. The third-order valence-electron chi connectivity index (χ3n) is 9.08. The summed E-state index contributed by atoms with van der Waals surface area (Å²) >= 11 is 0. The first-order valence-electron chi connectivity index (χ1n) is 15.7. The standard InChI is InChI=1S/C44H28N2/c1-2-10-31(11-3-1)41-27-23-33-21-22-34-24-28-42(46-44(34)43(33)45-41)32-19-17-30(18-20-32)36-25-26-40(39-15-7-6-14-37(36)39)38-16-8-12-29-9-4-5-13-35(29)38/h1-28H. The van der Waals surface area contributed by atoms with E-state index in [2.05, 4.69) is 152 Å². The fourth-order valence-corrected chi connectivity index (χ4v) is 6.76. The lowest BCUT2D eigenvalue weighted by molar-refractivity contribution is 1.36. The largest absolute Gasteiger partial charge is 0.245 e. The molecule has 2 heterocycles. The molecular formula is C44H28N2. The van der Waals surface area contributed by atoms with E-state index in [4.69, 9.17) is 9.97 Å². The van der Waals surface area contributed by atoms with Gasteiger partial charge in [0.1, 0.15) is 0 Å². The van der Waals surface area contributed by atoms with E-state index in [9.17, 15) is 0 Å². The number of hydrogen-bond donors (Lipinski definition) is 0. The lowest BCUT2D eigenvalue weighted by Gasteiger charge is -2.14. The lowest BCUT2D eigenvalue weighted by Crippen LogP contribution is -1.91. The SMILES string of the molecule is c1ccc(-c2ccc3ccc4ccc(-c5ccc(-c6ccc(-c7cccc8ccccc78)c7ccccc67)cc5)nc4c3n2)cc1. The van der Waals surface area contributed by atoms with Crippen LogP contribution in [0, 0.1) is 0 Å². The number of fused-ring (bicyclic) bond motifs is 5. The van der Waals surface area contributed by atoms with Crippen molar-refractivity contribution in [2.45, 2.75) is 0 Å². The average molecular weight is 585 g/mol. The molecule has 0 unspecified atom stereocenters. The van der Waals surface area contributed by atoms with Crippen LogP contribution in [0.25, 0.3) is 88.1 Å². The zero-order valence-corrected chi connectivity index (χ0v) is 25.1. The van der Waals surface area contributed by atoms with Gasteiger partial charge >= 0.3 is 0 Å². The molecule has 0 aliphatic heterocycles. The van der Waals surface area contributed by atoms with Crippen LogP contribution in [0.15, 0.2) is 170 Å². The summed E-state index contributed by atoms with van der Waals surface area (Å²) in [4.78, 5) is 10.2. The Balaban J connectivity index is 1.12. The summed E-state index contributed by atoms with van der Waals surface area (Å²) in [5.41, 5.74) is 10.9. The summed E-state index contributed by atoms with van der Waals surface area (Å²) in [6.07, 6.45) is 0. The van der Waals surface area contributed by atoms with Crippen molar-refractivity contribution in [3.05, 3.63) is 170 Å². The molecule has 46 heavy (non-hydrogen) atoms. The predicted molar refractivity (Wildman–Crippen MR) is 194 cm³/mol. The van der Waals surface area contributed by atoms with Crippen molar-refractivity contribution >= 4 is 43.4 Å². The smallest absolute Gasteiger partial charge is 0.0972 e. The number of benzene rings is 7. The zero-order valence-electron chi connectivity index (χ0n) is 25.1. The van der Waals surface area contributed by atoms with Crippen molar-refractivity contribution in [1.29, 1.82) is 0 Å². The molecule has 0 aliphatic carbocycles. The minimum atomic E-state index is 0.923. The number of pyridine rings is 2. The molecular weight excluding hydrogens is 556 g/mol. The van der Waals surface area contributed by atoms with Gasteiger partial charge in [0.15, 0.2) is 0 Å². The Morgan fingerprint density at radius 1 is 0.261 bits per heavy atom. The molecule has 0 saturated carbocycles. The molecule has 2 nitrogen and oxygen atoms in total. The lowest BCUT2D eigenvalue weighted by atomic mass is 9.90. The first-order valence-corrected chi connectivity index (χ1v) is 15.7. The molecule has 0 radical (unpaired) electrons. The first-order chi connectivity index (χ1) is 22.8. The second-order valence-corrected chi connectivity index (χ2v) is 11.8. The molecule has 214 valence electrons. The zero-order chi connectivity index (χ0) is 30.5. The van der Waals surface area contributed by atoms with Crippen molar-refractivity contribution < 1.29 is 0 Å². The molecule has 0 N–H and O–H groups in total. The molecule has 2 heteroatoms. The van der Waals surface area contributed by atoms with Crippen LogP contribution in [0.2, 0.25) is 0 Å². The predicted octanol–water partition coefficient (Wildman–Crippen LogP) is 11.8. The van der Waals surface area contributed by atoms with Crippen LogP contribution in [0.3, 0.4) is 0 Å². The highest BCUT2D eigenvalue weighted by Gasteiger charge is 2.13. The minimum absolute atomic E-state index is 0.923. The van der Waals surface area contributed by atoms with E-state index in [1.807, 2.05) is 18.2 Å². The molecule has 0 atom stereocenters. The summed E-state index contributed by atoms with van der Waals surface area (Å²) in [6, 6.07) is 60.4. The second-order valence-electron chi connectivity index (χ2n) is 11.8. The summed E-state index contributed by atoms with van der Waals surface area (Å²) in [5.74, 6) is 0. The van der Waals surface area contributed by atoms with Gasteiger partial charge in [0, 0.05) is 21.9 Å². The van der Waals surface area contributed by atoms with Crippen molar-refractivity contribution in [2.75, 3.05) is 0 Å². The maximum Gasteiger partial charge on any atom is 0.0972 e. The van der Waals surface area contributed by atoms with Crippen LogP contribution in [0.1, 0.15) is 0 Å². The highest BCUT2D eigenvalue weighted by molar-refractivity contribution is 6.10. The van der Waals surface area contributed by atoms with E-state index in [0.717, 1.165) is 44.3 Å². The quantitative estimate of drug-likeness (QED) is 0.192. The van der Waals surface area contributed by atoms with E-state index in [0.29, 0.717) is 0 Å². The molecule has 0 amide bonds. The minimum Gasteiger partial charge on any atom is -0.245 e. The highest BCUT2D eigenvalue weighted by Crippen LogP contribution is 2.39. The second kappa shape index (κ2) is 10.8. The third-order valence-corrected chi connectivity index (χ3v) is 9.08. The Morgan fingerprint density at radius 3 is 1.43 bits per heavy atom. The summed E-state index contributed by atoms with van der Waals surface area (Å²) in [7, 11) is 0. The number of nitrogens with zero attached hydrogens (tertiary/aromatic N) is 2. The maximum atomic E-state index is 5.17. The molecule has 9 aromatic rings. The van der Waals surface area contributed by atoms with Gasteiger partial charge in [-0.1, -0.05) is 158 Å². The van der Waals surface area contributed by atoms with Crippen LogP contribution in [0.5, 0.6) is 0 Å². The van der Waals surface area contributed by atoms with Crippen molar-refractivity contribution in [3.8, 4) is 44.8 Å². The molecule has 0 fully saturated rings. The summed E-state index contributed by atoms with van der Waals surface area (Å²) in [5, 5.41) is 7.21. The van der Waals surface area contributed by atoms with Gasteiger partial charge in [-0.3, -0.25) is 0 Å². The summed E-state index contributed by atoms with van der Waals surface area (Å²) < 4.78 is 0. The van der Waals surface area contributed by atoms with E-state index < -0.39 is 0 Å². The molecule has 0 aliphatic rings. The first kappa shape index (κ1) is 26.3. The van der Waals surface area contributed by atoms with E-state index in [1.54, 1.807) is 0 Å². The van der Waals surface area contributed by atoms with Gasteiger partial charge in [0.2, 0.25) is 0 Å². The van der Waals surface area contributed by atoms with Crippen molar-refractivity contribution in [3.63, 3.8) is 0 Å². The average Bonchev–Trinajstić information content (AvgIpc) is 3.14. The fraction of sp³-hybridized carbons (Fsp3) is 0. The van der Waals surface area contributed by atoms with Crippen LogP contribution in [-0.4, -0.2) is 9.97 Å². The highest BCUT2D eigenvalue weighted by atomic mass is 14.8. The fourth-order valence-electron chi connectivity index (χ4n) is 6.76. The molecule has 9 rings (SSSR count). The van der Waals surface area contributed by atoms with Gasteiger partial charge in [-0.25, -0.2) is 9.97 Å². The van der Waals surface area contributed by atoms with Crippen molar-refractivity contribution in [1.82, 2.24) is 9.97 Å². The Labute approximate surface area is 267 Å². The molecule has 0 bridgehead atoms. The molecule has 0 saturated heterocycles.